The third kappa shape index (κ3) is 2.72. The van der Waals surface area contributed by atoms with Gasteiger partial charge in [-0.25, -0.2) is 17.6 Å². The molecule has 0 unspecified atom stereocenters. The van der Waals surface area contributed by atoms with E-state index in [1.165, 1.54) is 24.3 Å². The Balaban J connectivity index is 1.99. The first-order valence-corrected chi connectivity index (χ1v) is 6.55. The second-order valence-corrected chi connectivity index (χ2v) is 4.83. The van der Waals surface area contributed by atoms with Crippen LogP contribution in [-0.4, -0.2) is 0 Å². The van der Waals surface area contributed by atoms with Gasteiger partial charge in [0.25, 0.3) is 0 Å². The van der Waals surface area contributed by atoms with E-state index in [0.717, 1.165) is 12.1 Å². The van der Waals surface area contributed by atoms with Crippen LogP contribution in [0.3, 0.4) is 0 Å². The normalized spacial score (nSPS) is 10.7. The molecule has 0 saturated carbocycles. The first-order chi connectivity index (χ1) is 10.5. The van der Waals surface area contributed by atoms with Gasteiger partial charge in [-0.2, -0.15) is 0 Å². The van der Waals surface area contributed by atoms with Crippen molar-refractivity contribution in [1.82, 2.24) is 0 Å². The summed E-state index contributed by atoms with van der Waals surface area (Å²) in [5.74, 6) is -2.63. The molecule has 0 N–H and O–H groups in total. The van der Waals surface area contributed by atoms with Gasteiger partial charge in [0.15, 0.2) is 0 Å². The van der Waals surface area contributed by atoms with E-state index in [1.54, 1.807) is 24.3 Å². The van der Waals surface area contributed by atoms with E-state index in [9.17, 15) is 17.6 Å². The first-order valence-electron chi connectivity index (χ1n) is 6.55. The smallest absolute Gasteiger partial charge is 0.133 e. The lowest BCUT2D eigenvalue weighted by atomic mass is 9.99. The lowest BCUT2D eigenvalue weighted by Crippen LogP contribution is -1.88. The molecule has 0 bridgehead atoms. The second-order valence-electron chi connectivity index (χ2n) is 4.83. The van der Waals surface area contributed by atoms with E-state index in [-0.39, 0.29) is 11.1 Å². The number of hydrogen-bond acceptors (Lipinski definition) is 0. The summed E-state index contributed by atoms with van der Waals surface area (Å²) in [7, 11) is 0. The molecule has 0 nitrogen and oxygen atoms in total. The van der Waals surface area contributed by atoms with Crippen molar-refractivity contribution in [2.24, 2.45) is 0 Å². The Hall–Kier alpha value is -2.62. The molecule has 0 atom stereocenters. The molecule has 0 aromatic heterocycles. The van der Waals surface area contributed by atoms with Crippen LogP contribution in [0.15, 0.2) is 60.7 Å². The fourth-order valence-corrected chi connectivity index (χ4v) is 2.28. The Bertz CT molecular complexity index is 752. The zero-order valence-corrected chi connectivity index (χ0v) is 11.3. The average molecular weight is 302 g/mol. The SMILES string of the molecule is Fc1ccc(-c2ccc(-c3ccc(F)cc3F)cc2)c(F)c1. The Kier molecular flexibility index (Phi) is 3.67. The van der Waals surface area contributed by atoms with E-state index in [1.807, 2.05) is 0 Å². The van der Waals surface area contributed by atoms with Crippen molar-refractivity contribution in [1.29, 1.82) is 0 Å². The van der Waals surface area contributed by atoms with E-state index in [4.69, 9.17) is 0 Å². The lowest BCUT2D eigenvalue weighted by Gasteiger charge is -2.07. The van der Waals surface area contributed by atoms with Crippen molar-refractivity contribution in [3.8, 4) is 22.3 Å². The van der Waals surface area contributed by atoms with Gasteiger partial charge >= 0.3 is 0 Å². The van der Waals surface area contributed by atoms with Gasteiger partial charge in [-0.05, 0) is 35.4 Å². The minimum atomic E-state index is -0.666. The molecule has 0 amide bonds. The van der Waals surface area contributed by atoms with Crippen LogP contribution in [0.5, 0.6) is 0 Å². The topological polar surface area (TPSA) is 0 Å². The van der Waals surface area contributed by atoms with Crippen LogP contribution in [0.4, 0.5) is 17.6 Å². The van der Waals surface area contributed by atoms with E-state index < -0.39 is 23.3 Å². The summed E-state index contributed by atoms with van der Waals surface area (Å²) in [4.78, 5) is 0. The maximum atomic E-state index is 13.7. The molecule has 3 aromatic carbocycles. The van der Waals surface area contributed by atoms with Gasteiger partial charge in [-0.15, -0.1) is 0 Å². The maximum absolute atomic E-state index is 13.7. The molecule has 22 heavy (non-hydrogen) atoms. The maximum Gasteiger partial charge on any atom is 0.133 e. The highest BCUT2D eigenvalue weighted by molar-refractivity contribution is 5.71. The van der Waals surface area contributed by atoms with Crippen molar-refractivity contribution >= 4 is 0 Å². The predicted octanol–water partition coefficient (Wildman–Crippen LogP) is 5.58. The lowest BCUT2D eigenvalue weighted by molar-refractivity contribution is 0.584. The third-order valence-electron chi connectivity index (χ3n) is 3.37. The van der Waals surface area contributed by atoms with Gasteiger partial charge in [0.1, 0.15) is 23.3 Å². The van der Waals surface area contributed by atoms with Gasteiger partial charge in [0.2, 0.25) is 0 Å². The van der Waals surface area contributed by atoms with Crippen LogP contribution in [0.25, 0.3) is 22.3 Å². The number of rotatable bonds is 2. The molecule has 0 saturated heterocycles. The predicted molar refractivity (Wildman–Crippen MR) is 77.1 cm³/mol. The Morgan fingerprint density at radius 2 is 0.818 bits per heavy atom. The summed E-state index contributed by atoms with van der Waals surface area (Å²) >= 11 is 0. The highest BCUT2D eigenvalue weighted by atomic mass is 19.1. The van der Waals surface area contributed by atoms with E-state index >= 15 is 0 Å². The minimum absolute atomic E-state index is 0.257. The molecular formula is C18H10F4. The van der Waals surface area contributed by atoms with E-state index in [0.29, 0.717) is 11.1 Å². The monoisotopic (exact) mass is 302 g/mol. The van der Waals surface area contributed by atoms with Crippen LogP contribution < -0.4 is 0 Å². The van der Waals surface area contributed by atoms with Crippen molar-refractivity contribution in [3.63, 3.8) is 0 Å². The fraction of sp³-hybridized carbons (Fsp3) is 0. The van der Waals surface area contributed by atoms with Crippen LogP contribution in [0, 0.1) is 23.3 Å². The van der Waals surface area contributed by atoms with Crippen molar-refractivity contribution < 1.29 is 17.6 Å². The molecule has 0 radical (unpaired) electrons. The molecule has 0 aliphatic rings. The van der Waals surface area contributed by atoms with Crippen molar-refractivity contribution in [3.05, 3.63) is 83.9 Å². The zero-order chi connectivity index (χ0) is 15.7. The third-order valence-corrected chi connectivity index (χ3v) is 3.37. The highest BCUT2D eigenvalue weighted by Crippen LogP contribution is 2.28. The number of benzene rings is 3. The van der Waals surface area contributed by atoms with Gasteiger partial charge in [0.05, 0.1) is 0 Å². The standard InChI is InChI=1S/C18H10F4/c19-13-5-7-15(17(21)9-13)11-1-2-12(4-3-11)16-8-6-14(20)10-18(16)22/h1-10H. The zero-order valence-electron chi connectivity index (χ0n) is 11.3. The largest absolute Gasteiger partial charge is 0.207 e. The molecule has 3 rings (SSSR count). The molecule has 3 aromatic rings. The molecule has 0 aliphatic carbocycles. The molecule has 0 heterocycles. The Morgan fingerprint density at radius 1 is 0.455 bits per heavy atom. The van der Waals surface area contributed by atoms with Crippen molar-refractivity contribution in [2.45, 2.75) is 0 Å². The van der Waals surface area contributed by atoms with Crippen molar-refractivity contribution in [2.75, 3.05) is 0 Å². The quantitative estimate of drug-likeness (QED) is 0.542. The molecular weight excluding hydrogens is 292 g/mol. The molecule has 0 aliphatic heterocycles. The van der Waals surface area contributed by atoms with E-state index in [2.05, 4.69) is 0 Å². The number of halogens is 4. The fourth-order valence-electron chi connectivity index (χ4n) is 2.28. The van der Waals surface area contributed by atoms with Crippen LogP contribution in [0.1, 0.15) is 0 Å². The van der Waals surface area contributed by atoms with Crippen LogP contribution in [-0.2, 0) is 0 Å². The molecule has 0 spiro atoms. The minimum Gasteiger partial charge on any atom is -0.207 e. The number of hydrogen-bond donors (Lipinski definition) is 0. The van der Waals surface area contributed by atoms with Gasteiger partial charge in [0, 0.05) is 23.3 Å². The summed E-state index contributed by atoms with van der Waals surface area (Å²) in [6, 6.07) is 13.1. The summed E-state index contributed by atoms with van der Waals surface area (Å²) < 4.78 is 53.3. The van der Waals surface area contributed by atoms with Gasteiger partial charge in [-0.1, -0.05) is 24.3 Å². The second kappa shape index (κ2) is 5.64. The molecule has 110 valence electrons. The van der Waals surface area contributed by atoms with Gasteiger partial charge < -0.3 is 0 Å². The summed E-state index contributed by atoms with van der Waals surface area (Å²) in [6.45, 7) is 0. The first kappa shape index (κ1) is 14.3. The average Bonchev–Trinajstić information content (AvgIpc) is 2.48. The summed E-state index contributed by atoms with van der Waals surface area (Å²) in [5, 5.41) is 0. The Morgan fingerprint density at radius 3 is 1.14 bits per heavy atom. The Labute approximate surface area is 124 Å². The van der Waals surface area contributed by atoms with Crippen LogP contribution >= 0.6 is 0 Å². The summed E-state index contributed by atoms with van der Waals surface area (Å²) in [6.07, 6.45) is 0. The molecule has 0 fully saturated rings. The van der Waals surface area contributed by atoms with Gasteiger partial charge in [-0.3, -0.25) is 0 Å². The highest BCUT2D eigenvalue weighted by Gasteiger charge is 2.09. The summed E-state index contributed by atoms with van der Waals surface area (Å²) in [5.41, 5.74) is 1.60. The molecule has 4 heteroatoms. The van der Waals surface area contributed by atoms with Crippen LogP contribution in [0.2, 0.25) is 0 Å².